The lowest BCUT2D eigenvalue weighted by atomic mass is 10.1. The van der Waals surface area contributed by atoms with E-state index in [-0.39, 0.29) is 0 Å². The summed E-state index contributed by atoms with van der Waals surface area (Å²) in [4.78, 5) is 18.6. The number of aldehydes is 1. The van der Waals surface area contributed by atoms with Gasteiger partial charge in [0.2, 0.25) is 0 Å². The first-order valence-corrected chi connectivity index (χ1v) is 4.74. The molecule has 1 aromatic carbocycles. The van der Waals surface area contributed by atoms with Gasteiger partial charge in [0.25, 0.3) is 0 Å². The maximum atomic E-state index is 10.2. The molecule has 0 aliphatic carbocycles. The van der Waals surface area contributed by atoms with Gasteiger partial charge in [-0.15, -0.1) is 0 Å². The molecule has 0 saturated heterocycles. The van der Waals surface area contributed by atoms with Crippen LogP contribution in [-0.4, -0.2) is 16.3 Å². The Morgan fingerprint density at radius 2 is 2.20 bits per heavy atom. The van der Waals surface area contributed by atoms with Gasteiger partial charge < -0.3 is 10.5 Å². The minimum Gasteiger partial charge on any atom is -0.382 e. The fourth-order valence-corrected chi connectivity index (χ4v) is 1.45. The van der Waals surface area contributed by atoms with Crippen molar-refractivity contribution in [3.05, 3.63) is 30.0 Å². The van der Waals surface area contributed by atoms with E-state index in [4.69, 9.17) is 5.73 Å². The molecule has 0 bridgehead atoms. The summed E-state index contributed by atoms with van der Waals surface area (Å²) < 4.78 is 0. The van der Waals surface area contributed by atoms with E-state index in [1.165, 1.54) is 6.20 Å². The molecule has 2 N–H and O–H groups in total. The minimum atomic E-state index is 0.420. The molecular formula is C11H11N3O. The standard InChI is InChI=1S/C11H11N3O/c12-11-7-13-10-6-8(2-1-5-15)3-4-9(10)14-11/h3-7H,1-2H2,(H2,12,14). The normalized spacial score (nSPS) is 10.4. The number of hydrogen-bond acceptors (Lipinski definition) is 4. The van der Waals surface area contributed by atoms with Crippen LogP contribution in [0.3, 0.4) is 0 Å². The number of fused-ring (bicyclic) bond motifs is 1. The molecule has 15 heavy (non-hydrogen) atoms. The third-order valence-electron chi connectivity index (χ3n) is 2.18. The molecule has 0 aliphatic rings. The molecule has 2 rings (SSSR count). The maximum Gasteiger partial charge on any atom is 0.142 e. The average Bonchev–Trinajstić information content (AvgIpc) is 2.26. The molecule has 0 spiro atoms. The van der Waals surface area contributed by atoms with Crippen LogP contribution >= 0.6 is 0 Å². The van der Waals surface area contributed by atoms with E-state index in [0.29, 0.717) is 12.2 Å². The Balaban J connectivity index is 2.38. The molecule has 0 atom stereocenters. The Kier molecular flexibility index (Phi) is 2.58. The number of nitrogens with two attached hydrogens (primary N) is 1. The first-order valence-electron chi connectivity index (χ1n) is 4.74. The van der Waals surface area contributed by atoms with Crippen LogP contribution in [0.1, 0.15) is 12.0 Å². The first kappa shape index (κ1) is 9.58. The summed E-state index contributed by atoms with van der Waals surface area (Å²) in [6.07, 6.45) is 3.73. The number of hydrogen-bond donors (Lipinski definition) is 1. The van der Waals surface area contributed by atoms with Gasteiger partial charge >= 0.3 is 0 Å². The van der Waals surface area contributed by atoms with Gasteiger partial charge in [-0.3, -0.25) is 4.98 Å². The van der Waals surface area contributed by atoms with Crippen molar-refractivity contribution in [3.63, 3.8) is 0 Å². The van der Waals surface area contributed by atoms with E-state index in [0.717, 1.165) is 29.3 Å². The van der Waals surface area contributed by atoms with Gasteiger partial charge in [-0.2, -0.15) is 0 Å². The SMILES string of the molecule is Nc1cnc2cc(CCC=O)ccc2n1. The first-order chi connectivity index (χ1) is 7.29. The van der Waals surface area contributed by atoms with E-state index in [1.807, 2.05) is 18.2 Å². The smallest absolute Gasteiger partial charge is 0.142 e. The van der Waals surface area contributed by atoms with E-state index in [9.17, 15) is 4.79 Å². The Bertz CT molecular complexity index is 496. The number of nitrogens with zero attached hydrogens (tertiary/aromatic N) is 2. The third kappa shape index (κ3) is 2.10. The van der Waals surface area contributed by atoms with Crippen LogP contribution in [0, 0.1) is 0 Å². The predicted molar refractivity (Wildman–Crippen MR) is 58.3 cm³/mol. The largest absolute Gasteiger partial charge is 0.382 e. The van der Waals surface area contributed by atoms with Crippen molar-refractivity contribution in [2.75, 3.05) is 5.73 Å². The Hall–Kier alpha value is -1.97. The number of aryl methyl sites for hydroxylation is 1. The molecule has 0 saturated carbocycles. The van der Waals surface area contributed by atoms with Gasteiger partial charge in [0.1, 0.15) is 12.1 Å². The van der Waals surface area contributed by atoms with E-state index < -0.39 is 0 Å². The third-order valence-corrected chi connectivity index (χ3v) is 2.18. The lowest BCUT2D eigenvalue weighted by molar-refractivity contribution is -0.107. The van der Waals surface area contributed by atoms with Crippen LogP contribution in [0.15, 0.2) is 24.4 Å². The second-order valence-corrected chi connectivity index (χ2v) is 3.32. The Labute approximate surface area is 87.1 Å². The second kappa shape index (κ2) is 4.04. The summed E-state index contributed by atoms with van der Waals surface area (Å²) in [5, 5.41) is 0. The van der Waals surface area contributed by atoms with Crippen LogP contribution in [0.25, 0.3) is 11.0 Å². The van der Waals surface area contributed by atoms with Crippen molar-refractivity contribution in [1.29, 1.82) is 0 Å². The van der Waals surface area contributed by atoms with E-state index in [1.54, 1.807) is 0 Å². The summed E-state index contributed by atoms with van der Waals surface area (Å²) in [6, 6.07) is 5.75. The van der Waals surface area contributed by atoms with Crippen molar-refractivity contribution < 1.29 is 4.79 Å². The molecule has 76 valence electrons. The van der Waals surface area contributed by atoms with Gasteiger partial charge in [-0.05, 0) is 24.1 Å². The average molecular weight is 201 g/mol. The van der Waals surface area contributed by atoms with Crippen LogP contribution < -0.4 is 5.73 Å². The van der Waals surface area contributed by atoms with Crippen molar-refractivity contribution in [2.45, 2.75) is 12.8 Å². The number of benzene rings is 1. The molecule has 4 nitrogen and oxygen atoms in total. The molecule has 0 unspecified atom stereocenters. The number of aromatic nitrogens is 2. The fourth-order valence-electron chi connectivity index (χ4n) is 1.45. The number of carbonyl (C=O) groups excluding carboxylic acids is 1. The van der Waals surface area contributed by atoms with Gasteiger partial charge in [-0.1, -0.05) is 6.07 Å². The van der Waals surface area contributed by atoms with Crippen molar-refractivity contribution in [2.24, 2.45) is 0 Å². The van der Waals surface area contributed by atoms with Crippen LogP contribution in [0.2, 0.25) is 0 Å². The topological polar surface area (TPSA) is 68.9 Å². The minimum absolute atomic E-state index is 0.420. The van der Waals surface area contributed by atoms with E-state index in [2.05, 4.69) is 9.97 Å². The fraction of sp³-hybridized carbons (Fsp3) is 0.182. The lowest BCUT2D eigenvalue weighted by Gasteiger charge is -2.01. The number of nitrogen functional groups attached to an aromatic ring is 1. The van der Waals surface area contributed by atoms with Crippen LogP contribution in [-0.2, 0) is 11.2 Å². The number of carbonyl (C=O) groups is 1. The van der Waals surface area contributed by atoms with E-state index >= 15 is 0 Å². The highest BCUT2D eigenvalue weighted by Crippen LogP contribution is 2.13. The van der Waals surface area contributed by atoms with Crippen LogP contribution in [0.4, 0.5) is 5.82 Å². The Morgan fingerprint density at radius 3 is 3.00 bits per heavy atom. The zero-order chi connectivity index (χ0) is 10.7. The van der Waals surface area contributed by atoms with Crippen LogP contribution in [0.5, 0.6) is 0 Å². The van der Waals surface area contributed by atoms with Crippen molar-refractivity contribution >= 4 is 23.1 Å². The summed E-state index contributed by atoms with van der Waals surface area (Å²) in [5.74, 6) is 0.420. The molecule has 2 aromatic rings. The monoisotopic (exact) mass is 201 g/mol. The quantitative estimate of drug-likeness (QED) is 0.761. The highest BCUT2D eigenvalue weighted by atomic mass is 16.1. The highest BCUT2D eigenvalue weighted by Gasteiger charge is 1.99. The Morgan fingerprint density at radius 1 is 1.33 bits per heavy atom. The second-order valence-electron chi connectivity index (χ2n) is 3.32. The van der Waals surface area contributed by atoms with Crippen molar-refractivity contribution in [3.8, 4) is 0 Å². The summed E-state index contributed by atoms with van der Waals surface area (Å²) in [6.45, 7) is 0. The zero-order valence-corrected chi connectivity index (χ0v) is 8.18. The molecule has 0 radical (unpaired) electrons. The predicted octanol–water partition coefficient (Wildman–Crippen LogP) is 1.34. The van der Waals surface area contributed by atoms with Gasteiger partial charge in [0.05, 0.1) is 17.2 Å². The molecule has 0 fully saturated rings. The molecule has 4 heteroatoms. The van der Waals surface area contributed by atoms with Gasteiger partial charge in [0, 0.05) is 6.42 Å². The number of anilines is 1. The molecule has 0 amide bonds. The molecule has 1 aromatic heterocycles. The highest BCUT2D eigenvalue weighted by molar-refractivity contribution is 5.76. The van der Waals surface area contributed by atoms with Crippen molar-refractivity contribution in [1.82, 2.24) is 9.97 Å². The lowest BCUT2D eigenvalue weighted by Crippen LogP contribution is -1.93. The molecular weight excluding hydrogens is 190 g/mol. The molecule has 0 aliphatic heterocycles. The van der Waals surface area contributed by atoms with Gasteiger partial charge in [0.15, 0.2) is 0 Å². The zero-order valence-electron chi connectivity index (χ0n) is 8.18. The number of rotatable bonds is 3. The summed E-state index contributed by atoms with van der Waals surface area (Å²) >= 11 is 0. The maximum absolute atomic E-state index is 10.2. The summed E-state index contributed by atoms with van der Waals surface area (Å²) in [7, 11) is 0. The molecule has 1 heterocycles. The summed E-state index contributed by atoms with van der Waals surface area (Å²) in [5.41, 5.74) is 8.21. The van der Waals surface area contributed by atoms with Gasteiger partial charge in [-0.25, -0.2) is 4.98 Å².